The second-order valence-electron chi connectivity index (χ2n) is 2.51. The molecule has 2 N–H and O–H groups in total. The average Bonchev–Trinajstić information content (AvgIpc) is 2.00. The maximum absolute atomic E-state index is 11.1. The second-order valence-corrected chi connectivity index (χ2v) is 4.39. The van der Waals surface area contributed by atoms with Gasteiger partial charge in [0.1, 0.15) is 0 Å². The molecule has 0 heterocycles. The summed E-state index contributed by atoms with van der Waals surface area (Å²) in [5, 5.41) is 8.57. The van der Waals surface area contributed by atoms with Crippen molar-refractivity contribution in [1.82, 2.24) is 4.72 Å². The summed E-state index contributed by atoms with van der Waals surface area (Å²) in [4.78, 5) is 0. The van der Waals surface area contributed by atoms with Crippen molar-refractivity contribution >= 4 is 10.0 Å². The van der Waals surface area contributed by atoms with E-state index in [0.29, 0.717) is 0 Å². The number of ether oxygens (including phenoxy) is 1. The zero-order valence-corrected chi connectivity index (χ0v) is 8.10. The van der Waals surface area contributed by atoms with Crippen LogP contribution in [-0.2, 0) is 14.8 Å². The Morgan fingerprint density at radius 1 is 1.58 bits per heavy atom. The summed E-state index contributed by atoms with van der Waals surface area (Å²) in [5.41, 5.74) is 0. The van der Waals surface area contributed by atoms with Crippen molar-refractivity contribution in [3.63, 3.8) is 0 Å². The number of methoxy groups -OCH3 is 1. The highest BCUT2D eigenvalue weighted by Crippen LogP contribution is 1.88. The Hall–Kier alpha value is -0.170. The first-order valence-corrected chi connectivity index (χ1v) is 5.27. The van der Waals surface area contributed by atoms with Gasteiger partial charge in [-0.3, -0.25) is 0 Å². The third-order valence-corrected chi connectivity index (χ3v) is 2.68. The molecule has 0 saturated heterocycles. The van der Waals surface area contributed by atoms with E-state index < -0.39 is 16.1 Å². The lowest BCUT2D eigenvalue weighted by Gasteiger charge is -2.10. The van der Waals surface area contributed by atoms with Crippen molar-refractivity contribution in [3.05, 3.63) is 0 Å². The van der Waals surface area contributed by atoms with E-state index in [1.165, 1.54) is 7.11 Å². The van der Waals surface area contributed by atoms with Crippen LogP contribution in [0.25, 0.3) is 0 Å². The van der Waals surface area contributed by atoms with Crippen LogP contribution in [0, 0.1) is 0 Å². The highest BCUT2D eigenvalue weighted by atomic mass is 32.2. The van der Waals surface area contributed by atoms with Gasteiger partial charge in [0.25, 0.3) is 0 Å². The van der Waals surface area contributed by atoms with Crippen molar-refractivity contribution in [2.45, 2.75) is 13.0 Å². The Kier molecular flexibility index (Phi) is 5.39. The molecule has 0 saturated carbocycles. The molecule has 0 aromatic carbocycles. The summed E-state index contributed by atoms with van der Waals surface area (Å²) in [6.45, 7) is 1.55. The van der Waals surface area contributed by atoms with Gasteiger partial charge in [-0.2, -0.15) is 0 Å². The minimum absolute atomic E-state index is 0.0756. The minimum atomic E-state index is -3.29. The summed E-state index contributed by atoms with van der Waals surface area (Å²) in [5.74, 6) is -0.0756. The van der Waals surface area contributed by atoms with E-state index in [-0.39, 0.29) is 19.0 Å². The van der Waals surface area contributed by atoms with Gasteiger partial charge in [0.15, 0.2) is 0 Å². The van der Waals surface area contributed by atoms with Gasteiger partial charge in [-0.25, -0.2) is 13.1 Å². The van der Waals surface area contributed by atoms with E-state index in [4.69, 9.17) is 5.11 Å². The molecule has 0 aromatic heterocycles. The highest BCUT2D eigenvalue weighted by molar-refractivity contribution is 7.89. The molecule has 0 fully saturated rings. The highest BCUT2D eigenvalue weighted by Gasteiger charge is 2.12. The Morgan fingerprint density at radius 2 is 2.17 bits per heavy atom. The van der Waals surface area contributed by atoms with Crippen molar-refractivity contribution in [3.8, 4) is 0 Å². The normalized spacial score (nSPS) is 14.6. The van der Waals surface area contributed by atoms with Gasteiger partial charge in [-0.15, -0.1) is 0 Å². The number of hydrogen-bond acceptors (Lipinski definition) is 4. The van der Waals surface area contributed by atoms with Crippen LogP contribution < -0.4 is 4.72 Å². The minimum Gasteiger partial charge on any atom is -0.395 e. The Bertz CT molecular complexity index is 202. The van der Waals surface area contributed by atoms with Gasteiger partial charge in [-0.05, 0) is 6.92 Å². The van der Waals surface area contributed by atoms with E-state index in [0.717, 1.165) is 0 Å². The number of nitrogens with one attached hydrogen (secondary N) is 1. The van der Waals surface area contributed by atoms with Gasteiger partial charge in [0.05, 0.1) is 19.0 Å². The molecule has 0 aliphatic carbocycles. The third kappa shape index (κ3) is 5.48. The fourth-order valence-corrected chi connectivity index (χ4v) is 1.79. The first-order chi connectivity index (χ1) is 5.52. The van der Waals surface area contributed by atoms with E-state index in [9.17, 15) is 8.42 Å². The van der Waals surface area contributed by atoms with Crippen LogP contribution in [-0.4, -0.2) is 45.6 Å². The van der Waals surface area contributed by atoms with Gasteiger partial charge in [0.2, 0.25) is 10.0 Å². The molecular weight excluding hydrogens is 182 g/mol. The fourth-order valence-electron chi connectivity index (χ4n) is 0.596. The van der Waals surface area contributed by atoms with E-state index in [1.807, 2.05) is 0 Å². The largest absolute Gasteiger partial charge is 0.395 e. The van der Waals surface area contributed by atoms with Crippen LogP contribution in [0.5, 0.6) is 0 Å². The summed E-state index contributed by atoms with van der Waals surface area (Å²) in [6.07, 6.45) is 0. The first-order valence-electron chi connectivity index (χ1n) is 3.61. The van der Waals surface area contributed by atoms with E-state index in [1.54, 1.807) is 6.92 Å². The summed E-state index contributed by atoms with van der Waals surface area (Å²) in [6, 6.07) is -0.438. The SMILES string of the molecule is COCCS(=O)(=O)N[C@@H](C)CO. The first kappa shape index (κ1) is 11.8. The Balaban J connectivity index is 3.88. The molecule has 0 aliphatic heterocycles. The number of sulfonamides is 1. The molecule has 6 heteroatoms. The van der Waals surface area contributed by atoms with Crippen LogP contribution in [0.4, 0.5) is 0 Å². The van der Waals surface area contributed by atoms with Crippen LogP contribution in [0.15, 0.2) is 0 Å². The monoisotopic (exact) mass is 197 g/mol. The molecule has 0 aromatic rings. The Labute approximate surface area is 72.8 Å². The molecule has 74 valence electrons. The zero-order chi connectivity index (χ0) is 9.61. The van der Waals surface area contributed by atoms with Crippen molar-refractivity contribution in [1.29, 1.82) is 0 Å². The van der Waals surface area contributed by atoms with Crippen molar-refractivity contribution < 1.29 is 18.3 Å². The fraction of sp³-hybridized carbons (Fsp3) is 1.00. The molecule has 0 rings (SSSR count). The van der Waals surface area contributed by atoms with E-state index in [2.05, 4.69) is 9.46 Å². The lowest BCUT2D eigenvalue weighted by molar-refractivity contribution is 0.216. The van der Waals surface area contributed by atoms with Gasteiger partial charge < -0.3 is 9.84 Å². The molecule has 0 unspecified atom stereocenters. The van der Waals surface area contributed by atoms with Crippen LogP contribution in [0.2, 0.25) is 0 Å². The maximum Gasteiger partial charge on any atom is 0.214 e. The number of aliphatic hydroxyl groups is 1. The maximum atomic E-state index is 11.1. The molecule has 0 radical (unpaired) electrons. The number of hydrogen-bond donors (Lipinski definition) is 2. The predicted molar refractivity (Wildman–Crippen MR) is 45.3 cm³/mol. The molecule has 5 nitrogen and oxygen atoms in total. The third-order valence-electron chi connectivity index (χ3n) is 1.21. The topological polar surface area (TPSA) is 75.6 Å². The predicted octanol–water partition coefficient (Wildman–Crippen LogP) is -1.07. The molecule has 12 heavy (non-hydrogen) atoms. The van der Waals surface area contributed by atoms with Crippen LogP contribution in [0.3, 0.4) is 0 Å². The van der Waals surface area contributed by atoms with Crippen LogP contribution >= 0.6 is 0 Å². The summed E-state index contributed by atoms with van der Waals surface area (Å²) >= 11 is 0. The average molecular weight is 197 g/mol. The molecule has 0 amide bonds. The lowest BCUT2D eigenvalue weighted by atomic mass is 10.4. The van der Waals surface area contributed by atoms with E-state index >= 15 is 0 Å². The Morgan fingerprint density at radius 3 is 2.58 bits per heavy atom. The molecule has 0 spiro atoms. The molecule has 1 atom stereocenters. The molecule has 0 bridgehead atoms. The standard InChI is InChI=1S/C6H15NO4S/c1-6(5-8)7-12(9,10)4-3-11-2/h6-8H,3-5H2,1-2H3/t6-/m0/s1. The van der Waals surface area contributed by atoms with Gasteiger partial charge in [0, 0.05) is 13.2 Å². The quantitative estimate of drug-likeness (QED) is 0.568. The summed E-state index contributed by atoms with van der Waals surface area (Å²) < 4.78 is 29.0. The smallest absolute Gasteiger partial charge is 0.214 e. The summed E-state index contributed by atoms with van der Waals surface area (Å²) in [7, 11) is -1.85. The number of rotatable bonds is 6. The molecular formula is C6H15NO4S. The second kappa shape index (κ2) is 5.47. The zero-order valence-electron chi connectivity index (χ0n) is 7.28. The molecule has 0 aliphatic rings. The van der Waals surface area contributed by atoms with Gasteiger partial charge >= 0.3 is 0 Å². The van der Waals surface area contributed by atoms with Gasteiger partial charge in [-0.1, -0.05) is 0 Å². The lowest BCUT2D eigenvalue weighted by Crippen LogP contribution is -2.37. The van der Waals surface area contributed by atoms with Crippen molar-refractivity contribution in [2.75, 3.05) is 26.1 Å². The van der Waals surface area contributed by atoms with Crippen LogP contribution in [0.1, 0.15) is 6.92 Å². The van der Waals surface area contributed by atoms with Crippen molar-refractivity contribution in [2.24, 2.45) is 0 Å². The number of aliphatic hydroxyl groups excluding tert-OH is 1.